The van der Waals surface area contributed by atoms with Crippen LogP contribution in [-0.2, 0) is 0 Å². The number of nitrogens with zero attached hydrogens (tertiary/aromatic N) is 1. The normalized spacial score (nSPS) is 46.3. The number of halogens is 2. The van der Waals surface area contributed by atoms with E-state index in [0.717, 1.165) is 25.8 Å². The SMILES string of the molecule is CC(C)(C)C12CCCN1C1(CC2)CC1(F)F. The lowest BCUT2D eigenvalue weighted by Crippen LogP contribution is -2.53. The highest BCUT2D eigenvalue weighted by molar-refractivity contribution is 5.28. The van der Waals surface area contributed by atoms with Gasteiger partial charge in [-0.1, -0.05) is 20.8 Å². The maximum Gasteiger partial charge on any atom is 0.268 e. The van der Waals surface area contributed by atoms with E-state index >= 15 is 0 Å². The molecule has 0 bridgehead atoms. The van der Waals surface area contributed by atoms with Crippen molar-refractivity contribution in [3.8, 4) is 0 Å². The Hall–Kier alpha value is -0.180. The van der Waals surface area contributed by atoms with Gasteiger partial charge in [-0.25, -0.2) is 8.78 Å². The zero-order valence-electron chi connectivity index (χ0n) is 10.4. The zero-order chi connectivity index (χ0) is 11.8. The lowest BCUT2D eigenvalue weighted by atomic mass is 9.71. The number of hydrogen-bond donors (Lipinski definition) is 0. The van der Waals surface area contributed by atoms with E-state index in [1.54, 1.807) is 0 Å². The monoisotopic (exact) mass is 229 g/mol. The van der Waals surface area contributed by atoms with Crippen molar-refractivity contribution in [2.75, 3.05) is 6.54 Å². The van der Waals surface area contributed by atoms with Crippen LogP contribution in [-0.4, -0.2) is 28.4 Å². The van der Waals surface area contributed by atoms with Crippen molar-refractivity contribution in [1.29, 1.82) is 0 Å². The van der Waals surface area contributed by atoms with Gasteiger partial charge in [0, 0.05) is 12.0 Å². The standard InChI is InChI=1S/C13H21F2N/c1-10(2,3)11-5-4-8-16(11)12(7-6-11)9-13(12,14)15/h4-9H2,1-3H3. The second-order valence-electron chi connectivity index (χ2n) is 6.95. The molecule has 0 N–H and O–H groups in total. The lowest BCUT2D eigenvalue weighted by molar-refractivity contribution is -0.0137. The Bertz CT molecular complexity index is 333. The molecule has 3 aliphatic rings. The van der Waals surface area contributed by atoms with Crippen LogP contribution in [0.3, 0.4) is 0 Å². The average Bonchev–Trinajstić information content (AvgIpc) is 2.50. The third kappa shape index (κ3) is 0.993. The van der Waals surface area contributed by atoms with Crippen molar-refractivity contribution < 1.29 is 8.78 Å². The predicted molar refractivity (Wildman–Crippen MR) is 59.7 cm³/mol. The molecule has 1 nitrogen and oxygen atoms in total. The Balaban J connectivity index is 1.99. The predicted octanol–water partition coefficient (Wildman–Crippen LogP) is 3.44. The molecule has 2 heterocycles. The lowest BCUT2D eigenvalue weighted by Gasteiger charge is -2.45. The van der Waals surface area contributed by atoms with Gasteiger partial charge >= 0.3 is 0 Å². The van der Waals surface area contributed by atoms with Gasteiger partial charge in [0.1, 0.15) is 0 Å². The molecule has 1 saturated carbocycles. The van der Waals surface area contributed by atoms with Crippen LogP contribution < -0.4 is 0 Å². The molecule has 1 spiro atoms. The van der Waals surface area contributed by atoms with Gasteiger partial charge in [0.2, 0.25) is 0 Å². The van der Waals surface area contributed by atoms with Crippen LogP contribution in [0.4, 0.5) is 8.78 Å². The quantitative estimate of drug-likeness (QED) is 0.615. The zero-order valence-corrected chi connectivity index (χ0v) is 10.4. The smallest absolute Gasteiger partial charge is 0.268 e. The topological polar surface area (TPSA) is 3.24 Å². The highest BCUT2D eigenvalue weighted by Gasteiger charge is 2.80. The van der Waals surface area contributed by atoms with E-state index in [-0.39, 0.29) is 17.4 Å². The minimum atomic E-state index is -2.41. The first-order valence-corrected chi connectivity index (χ1v) is 6.41. The third-order valence-corrected chi connectivity index (χ3v) is 5.42. The van der Waals surface area contributed by atoms with Crippen molar-refractivity contribution in [3.63, 3.8) is 0 Å². The summed E-state index contributed by atoms with van der Waals surface area (Å²) in [5.74, 6) is -2.41. The van der Waals surface area contributed by atoms with Crippen LogP contribution in [0.5, 0.6) is 0 Å². The molecule has 0 aromatic heterocycles. The molecule has 0 amide bonds. The van der Waals surface area contributed by atoms with E-state index < -0.39 is 11.5 Å². The first kappa shape index (κ1) is 10.9. The number of rotatable bonds is 0. The Kier molecular flexibility index (Phi) is 1.80. The minimum absolute atomic E-state index is 0.0485. The average molecular weight is 229 g/mol. The Morgan fingerprint density at radius 3 is 2.19 bits per heavy atom. The molecule has 16 heavy (non-hydrogen) atoms. The summed E-state index contributed by atoms with van der Waals surface area (Å²) in [5, 5.41) is 0. The van der Waals surface area contributed by atoms with Crippen LogP contribution in [0.2, 0.25) is 0 Å². The van der Waals surface area contributed by atoms with Crippen molar-refractivity contribution >= 4 is 0 Å². The van der Waals surface area contributed by atoms with Crippen LogP contribution in [0.15, 0.2) is 0 Å². The van der Waals surface area contributed by atoms with Gasteiger partial charge in [-0.15, -0.1) is 0 Å². The first-order chi connectivity index (χ1) is 7.25. The maximum atomic E-state index is 13.6. The van der Waals surface area contributed by atoms with E-state index in [1.165, 1.54) is 0 Å². The summed E-state index contributed by atoms with van der Waals surface area (Å²) >= 11 is 0. The second kappa shape index (κ2) is 2.63. The summed E-state index contributed by atoms with van der Waals surface area (Å²) in [5.41, 5.74) is -0.574. The number of fused-ring (bicyclic) bond motifs is 2. The van der Waals surface area contributed by atoms with E-state index in [2.05, 4.69) is 25.7 Å². The molecular formula is C13H21F2N. The minimum Gasteiger partial charge on any atom is -0.286 e. The second-order valence-corrected chi connectivity index (χ2v) is 6.95. The van der Waals surface area contributed by atoms with Crippen LogP contribution in [0, 0.1) is 5.41 Å². The number of hydrogen-bond acceptors (Lipinski definition) is 1. The summed E-state index contributed by atoms with van der Waals surface area (Å²) < 4.78 is 27.3. The summed E-state index contributed by atoms with van der Waals surface area (Å²) in [6, 6.07) is 0. The van der Waals surface area contributed by atoms with E-state index in [9.17, 15) is 8.78 Å². The Morgan fingerprint density at radius 2 is 1.69 bits per heavy atom. The maximum absolute atomic E-state index is 13.6. The summed E-state index contributed by atoms with van der Waals surface area (Å²) in [4.78, 5) is 2.19. The first-order valence-electron chi connectivity index (χ1n) is 6.41. The molecule has 1 aliphatic carbocycles. The molecule has 3 heteroatoms. The van der Waals surface area contributed by atoms with Crippen molar-refractivity contribution in [1.82, 2.24) is 4.90 Å². The highest BCUT2D eigenvalue weighted by Crippen LogP contribution is 2.69. The molecule has 2 atom stereocenters. The van der Waals surface area contributed by atoms with E-state index in [4.69, 9.17) is 0 Å². The molecule has 3 rings (SSSR count). The molecule has 2 aliphatic heterocycles. The van der Waals surface area contributed by atoms with Crippen LogP contribution >= 0.6 is 0 Å². The Morgan fingerprint density at radius 1 is 1.06 bits per heavy atom. The van der Waals surface area contributed by atoms with Gasteiger partial charge in [0.25, 0.3) is 5.92 Å². The van der Waals surface area contributed by atoms with Crippen molar-refractivity contribution in [2.24, 2.45) is 5.41 Å². The number of alkyl halides is 2. The molecular weight excluding hydrogens is 208 g/mol. The fourth-order valence-corrected chi connectivity index (χ4v) is 4.35. The van der Waals surface area contributed by atoms with Gasteiger partial charge in [0.15, 0.2) is 0 Å². The van der Waals surface area contributed by atoms with Gasteiger partial charge in [0.05, 0.1) is 5.54 Å². The summed E-state index contributed by atoms with van der Waals surface area (Å²) in [7, 11) is 0. The van der Waals surface area contributed by atoms with Gasteiger partial charge < -0.3 is 0 Å². The summed E-state index contributed by atoms with van der Waals surface area (Å²) in [6.45, 7) is 7.52. The summed E-state index contributed by atoms with van der Waals surface area (Å²) in [6.07, 6.45) is 3.98. The van der Waals surface area contributed by atoms with E-state index in [1.807, 2.05) is 0 Å². The molecule has 0 radical (unpaired) electrons. The van der Waals surface area contributed by atoms with Crippen molar-refractivity contribution in [2.45, 2.75) is 69.9 Å². The fourth-order valence-electron chi connectivity index (χ4n) is 4.35. The third-order valence-electron chi connectivity index (χ3n) is 5.42. The van der Waals surface area contributed by atoms with Gasteiger partial charge in [-0.2, -0.15) is 0 Å². The fraction of sp³-hybridized carbons (Fsp3) is 1.00. The van der Waals surface area contributed by atoms with Gasteiger partial charge in [-0.3, -0.25) is 4.90 Å². The van der Waals surface area contributed by atoms with Crippen molar-refractivity contribution in [3.05, 3.63) is 0 Å². The van der Waals surface area contributed by atoms with Crippen LogP contribution in [0.25, 0.3) is 0 Å². The molecule has 0 aromatic carbocycles. The molecule has 92 valence electrons. The molecule has 0 aromatic rings. The molecule has 2 saturated heterocycles. The van der Waals surface area contributed by atoms with Crippen LogP contribution in [0.1, 0.15) is 52.9 Å². The van der Waals surface area contributed by atoms with Gasteiger partial charge in [-0.05, 0) is 37.6 Å². The largest absolute Gasteiger partial charge is 0.286 e. The molecule has 2 unspecified atom stereocenters. The van der Waals surface area contributed by atoms with E-state index in [0.29, 0.717) is 6.42 Å². The Labute approximate surface area is 96.2 Å². The highest BCUT2D eigenvalue weighted by atomic mass is 19.3. The molecule has 3 fully saturated rings.